The Balaban J connectivity index is 2.45. The number of H-pyrrole nitrogens is 2. The van der Waals surface area contributed by atoms with E-state index in [0.717, 1.165) is 18.1 Å². The molecule has 0 spiro atoms. The fourth-order valence-electron chi connectivity index (χ4n) is 3.47. The van der Waals surface area contributed by atoms with Crippen LogP contribution in [0.2, 0.25) is 0 Å². The van der Waals surface area contributed by atoms with E-state index < -0.39 is 0 Å². The van der Waals surface area contributed by atoms with E-state index in [-0.39, 0.29) is 5.41 Å². The first-order chi connectivity index (χ1) is 10.5. The molecule has 2 aromatic rings. The molecule has 1 unspecified atom stereocenters. The van der Waals surface area contributed by atoms with Crippen LogP contribution in [0.4, 0.5) is 0 Å². The van der Waals surface area contributed by atoms with Gasteiger partial charge in [-0.1, -0.05) is 41.0 Å². The Labute approximate surface area is 134 Å². The Morgan fingerprint density at radius 3 is 1.77 bits per heavy atom. The minimum absolute atomic E-state index is 0.171. The number of hydrogen-bond donors (Lipinski definition) is 2. The van der Waals surface area contributed by atoms with E-state index >= 15 is 0 Å². The van der Waals surface area contributed by atoms with Gasteiger partial charge in [0.1, 0.15) is 11.6 Å². The molecule has 0 fully saturated rings. The lowest BCUT2D eigenvalue weighted by Crippen LogP contribution is -2.39. The van der Waals surface area contributed by atoms with Gasteiger partial charge in [-0.05, 0) is 30.6 Å². The van der Waals surface area contributed by atoms with E-state index in [1.807, 2.05) is 24.8 Å². The van der Waals surface area contributed by atoms with Crippen molar-refractivity contribution in [1.82, 2.24) is 19.9 Å². The van der Waals surface area contributed by atoms with Crippen LogP contribution in [0, 0.1) is 17.8 Å². The molecule has 0 aliphatic rings. The summed E-state index contributed by atoms with van der Waals surface area (Å²) in [5, 5.41) is 0. The van der Waals surface area contributed by atoms with Crippen molar-refractivity contribution in [2.24, 2.45) is 17.8 Å². The van der Waals surface area contributed by atoms with Gasteiger partial charge < -0.3 is 9.97 Å². The topological polar surface area (TPSA) is 57.4 Å². The first-order valence-electron chi connectivity index (χ1n) is 8.46. The average Bonchev–Trinajstić information content (AvgIpc) is 3.14. The summed E-state index contributed by atoms with van der Waals surface area (Å²) in [7, 11) is 0. The van der Waals surface area contributed by atoms with Crippen LogP contribution in [-0.4, -0.2) is 19.9 Å². The second-order valence-electron chi connectivity index (χ2n) is 7.32. The van der Waals surface area contributed by atoms with E-state index in [9.17, 15) is 0 Å². The Hall–Kier alpha value is -1.58. The number of rotatable bonds is 8. The smallest absolute Gasteiger partial charge is 0.120 e. The lowest BCUT2D eigenvalue weighted by Gasteiger charge is -2.38. The van der Waals surface area contributed by atoms with Crippen molar-refractivity contribution in [1.29, 1.82) is 0 Å². The summed E-state index contributed by atoms with van der Waals surface area (Å²) in [4.78, 5) is 16.0. The molecular weight excluding hydrogens is 272 g/mol. The third kappa shape index (κ3) is 3.42. The van der Waals surface area contributed by atoms with Gasteiger partial charge in [0.15, 0.2) is 0 Å². The van der Waals surface area contributed by atoms with Crippen molar-refractivity contribution in [3.05, 3.63) is 36.4 Å². The van der Waals surface area contributed by atoms with Crippen molar-refractivity contribution in [3.8, 4) is 0 Å². The van der Waals surface area contributed by atoms with Gasteiger partial charge in [-0.15, -0.1) is 0 Å². The minimum Gasteiger partial charge on any atom is -0.348 e. The summed E-state index contributed by atoms with van der Waals surface area (Å²) in [5.74, 6) is 3.82. The van der Waals surface area contributed by atoms with Crippen LogP contribution in [0.25, 0.3) is 0 Å². The minimum atomic E-state index is -0.171. The van der Waals surface area contributed by atoms with Gasteiger partial charge in [0.2, 0.25) is 0 Å². The fourth-order valence-corrected chi connectivity index (χ4v) is 3.47. The van der Waals surface area contributed by atoms with Crippen LogP contribution in [0.5, 0.6) is 0 Å². The summed E-state index contributed by atoms with van der Waals surface area (Å²) in [6.45, 7) is 11.5. The molecule has 0 aliphatic carbocycles. The molecule has 0 aromatic carbocycles. The van der Waals surface area contributed by atoms with Gasteiger partial charge in [-0.25, -0.2) is 9.97 Å². The van der Waals surface area contributed by atoms with E-state index in [0.29, 0.717) is 17.8 Å². The number of imidazole rings is 2. The Bertz CT molecular complexity index is 491. The highest BCUT2D eigenvalue weighted by Gasteiger charge is 2.44. The van der Waals surface area contributed by atoms with Crippen molar-refractivity contribution in [3.63, 3.8) is 0 Å². The van der Waals surface area contributed by atoms with Gasteiger partial charge in [0.05, 0.1) is 5.41 Å². The molecule has 2 aromatic heterocycles. The monoisotopic (exact) mass is 302 g/mol. The maximum atomic E-state index is 4.63. The molecule has 0 saturated carbocycles. The van der Waals surface area contributed by atoms with Crippen LogP contribution < -0.4 is 0 Å². The molecule has 22 heavy (non-hydrogen) atoms. The molecule has 2 heterocycles. The number of aromatic nitrogens is 4. The summed E-state index contributed by atoms with van der Waals surface area (Å²) < 4.78 is 0. The van der Waals surface area contributed by atoms with Crippen molar-refractivity contribution in [2.45, 2.75) is 59.3 Å². The molecule has 2 rings (SSSR count). The normalized spacial score (nSPS) is 14.0. The molecule has 4 heteroatoms. The van der Waals surface area contributed by atoms with Crippen LogP contribution in [0.3, 0.4) is 0 Å². The van der Waals surface area contributed by atoms with Gasteiger partial charge >= 0.3 is 0 Å². The van der Waals surface area contributed by atoms with Crippen LogP contribution in [0.15, 0.2) is 24.8 Å². The highest BCUT2D eigenvalue weighted by molar-refractivity contribution is 5.24. The van der Waals surface area contributed by atoms with Crippen molar-refractivity contribution < 1.29 is 0 Å². The van der Waals surface area contributed by atoms with Crippen molar-refractivity contribution >= 4 is 0 Å². The molecule has 122 valence electrons. The highest BCUT2D eigenvalue weighted by Crippen LogP contribution is 2.43. The number of nitrogens with zero attached hydrogens (tertiary/aromatic N) is 2. The van der Waals surface area contributed by atoms with Gasteiger partial charge in [0.25, 0.3) is 0 Å². The van der Waals surface area contributed by atoms with Crippen molar-refractivity contribution in [2.75, 3.05) is 0 Å². The van der Waals surface area contributed by atoms with Crippen LogP contribution >= 0.6 is 0 Å². The molecule has 0 amide bonds. The first-order valence-corrected chi connectivity index (χ1v) is 8.46. The third-order valence-electron chi connectivity index (χ3n) is 4.59. The standard InChI is InChI=1S/C18H30N4/c1-13(2)6-7-15(5)18(12-14(3)4,16-19-8-9-20-16)17-21-10-11-22-17/h8-11,13-15H,6-7,12H2,1-5H3,(H,19,20)(H,21,22). The predicted molar refractivity (Wildman–Crippen MR) is 90.6 cm³/mol. The zero-order chi connectivity index (χ0) is 16.2. The summed E-state index contributed by atoms with van der Waals surface area (Å²) in [6, 6.07) is 0. The Kier molecular flexibility index (Phi) is 5.43. The van der Waals surface area contributed by atoms with Gasteiger partial charge in [-0.2, -0.15) is 0 Å². The number of hydrogen-bond acceptors (Lipinski definition) is 2. The second kappa shape index (κ2) is 7.12. The van der Waals surface area contributed by atoms with E-state index in [1.54, 1.807) is 0 Å². The molecular formula is C18H30N4. The quantitative estimate of drug-likeness (QED) is 0.752. The summed E-state index contributed by atoms with van der Waals surface area (Å²) in [6.07, 6.45) is 11.0. The molecule has 2 N–H and O–H groups in total. The molecule has 0 radical (unpaired) electrons. The largest absolute Gasteiger partial charge is 0.348 e. The molecule has 1 atom stereocenters. The average molecular weight is 302 g/mol. The van der Waals surface area contributed by atoms with Gasteiger partial charge in [-0.3, -0.25) is 0 Å². The zero-order valence-corrected chi connectivity index (χ0v) is 14.6. The fraction of sp³-hybridized carbons (Fsp3) is 0.667. The predicted octanol–water partition coefficient (Wildman–Crippen LogP) is 4.54. The molecule has 0 bridgehead atoms. The second-order valence-corrected chi connectivity index (χ2v) is 7.32. The van der Waals surface area contributed by atoms with E-state index in [4.69, 9.17) is 0 Å². The van der Waals surface area contributed by atoms with E-state index in [2.05, 4.69) is 54.6 Å². The summed E-state index contributed by atoms with van der Waals surface area (Å²) in [5.41, 5.74) is -0.171. The SMILES string of the molecule is CC(C)CCC(C)C(CC(C)C)(c1ncc[nH]1)c1ncc[nH]1. The molecule has 4 nitrogen and oxygen atoms in total. The molecule has 0 aliphatic heterocycles. The zero-order valence-electron chi connectivity index (χ0n) is 14.6. The first kappa shape index (κ1) is 16.8. The van der Waals surface area contributed by atoms with Gasteiger partial charge in [0, 0.05) is 24.8 Å². The highest BCUT2D eigenvalue weighted by atomic mass is 15.0. The van der Waals surface area contributed by atoms with Crippen LogP contribution in [-0.2, 0) is 5.41 Å². The lowest BCUT2D eigenvalue weighted by molar-refractivity contribution is 0.238. The maximum Gasteiger partial charge on any atom is 0.120 e. The Morgan fingerprint density at radius 2 is 1.41 bits per heavy atom. The lowest BCUT2D eigenvalue weighted by atomic mass is 9.67. The molecule has 0 saturated heterocycles. The van der Waals surface area contributed by atoms with E-state index in [1.165, 1.54) is 12.8 Å². The third-order valence-corrected chi connectivity index (χ3v) is 4.59. The maximum absolute atomic E-state index is 4.63. The van der Waals surface area contributed by atoms with Crippen LogP contribution in [0.1, 0.15) is 65.5 Å². The number of aromatic amines is 2. The Morgan fingerprint density at radius 1 is 0.864 bits per heavy atom. The number of nitrogens with one attached hydrogen (secondary N) is 2. The summed E-state index contributed by atoms with van der Waals surface area (Å²) >= 11 is 0.